The molecule has 10 aromatic carbocycles. The lowest BCUT2D eigenvalue weighted by atomic mass is 9.93. The van der Waals surface area contributed by atoms with Crippen LogP contribution in [-0.4, -0.2) is 0 Å². The third kappa shape index (κ3) is 5.36. The average molecular weight is 769 g/mol. The topological polar surface area (TPSA) is 19.6 Å². The number of para-hydroxylation sites is 2. The molecular formula is C57H40N2O. The van der Waals surface area contributed by atoms with Crippen molar-refractivity contribution < 1.29 is 4.42 Å². The van der Waals surface area contributed by atoms with Crippen molar-refractivity contribution in [2.45, 2.75) is 20.3 Å². The highest BCUT2D eigenvalue weighted by molar-refractivity contribution is 6.25. The van der Waals surface area contributed by atoms with Crippen LogP contribution in [0.4, 0.5) is 34.1 Å². The Balaban J connectivity index is 1.13. The molecule has 0 saturated heterocycles. The molecule has 0 saturated carbocycles. The summed E-state index contributed by atoms with van der Waals surface area (Å²) in [6, 6.07) is 71.2. The maximum Gasteiger partial charge on any atom is 0.135 e. The van der Waals surface area contributed by atoms with Gasteiger partial charge in [0.2, 0.25) is 0 Å². The van der Waals surface area contributed by atoms with E-state index in [9.17, 15) is 0 Å². The first-order valence-corrected chi connectivity index (χ1v) is 20.8. The first-order valence-electron chi connectivity index (χ1n) is 20.8. The molecule has 0 bridgehead atoms. The quantitative estimate of drug-likeness (QED) is 0.157. The number of benzene rings is 10. The van der Waals surface area contributed by atoms with Crippen LogP contribution in [0.15, 0.2) is 199 Å². The number of nitrogens with zero attached hydrogens (tertiary/aromatic N) is 2. The number of aryl methyl sites for hydroxylation is 2. The Labute approximate surface area is 349 Å². The Bertz CT molecular complexity index is 3490. The zero-order chi connectivity index (χ0) is 39.9. The van der Waals surface area contributed by atoms with Crippen molar-refractivity contribution in [3.63, 3.8) is 0 Å². The number of furan rings is 1. The minimum atomic E-state index is 0.889. The lowest BCUT2D eigenvalue weighted by Crippen LogP contribution is -2.13. The van der Waals surface area contributed by atoms with Crippen molar-refractivity contribution in [3.05, 3.63) is 216 Å². The van der Waals surface area contributed by atoms with Crippen molar-refractivity contribution >= 4 is 88.4 Å². The lowest BCUT2D eigenvalue weighted by molar-refractivity contribution is 0.669. The van der Waals surface area contributed by atoms with Crippen molar-refractivity contribution in [2.24, 2.45) is 0 Å². The Hall–Kier alpha value is -7.62. The molecule has 1 heterocycles. The van der Waals surface area contributed by atoms with Gasteiger partial charge in [-0.05, 0) is 130 Å². The van der Waals surface area contributed by atoms with Gasteiger partial charge in [-0.1, -0.05) is 132 Å². The van der Waals surface area contributed by atoms with E-state index in [1.165, 1.54) is 71.4 Å². The van der Waals surface area contributed by atoms with Gasteiger partial charge in [0.05, 0.1) is 17.1 Å². The van der Waals surface area contributed by atoms with Gasteiger partial charge in [0.25, 0.3) is 0 Å². The van der Waals surface area contributed by atoms with E-state index >= 15 is 0 Å². The van der Waals surface area contributed by atoms with Crippen LogP contribution in [0.1, 0.15) is 22.3 Å². The fourth-order valence-corrected chi connectivity index (χ4v) is 9.83. The predicted octanol–water partition coefficient (Wildman–Crippen LogP) is 16.2. The van der Waals surface area contributed by atoms with Crippen LogP contribution in [0.2, 0.25) is 0 Å². The van der Waals surface area contributed by atoms with E-state index in [0.29, 0.717) is 0 Å². The third-order valence-electron chi connectivity index (χ3n) is 12.5. The molecular weight excluding hydrogens is 729 g/mol. The van der Waals surface area contributed by atoms with Crippen molar-refractivity contribution in [1.29, 1.82) is 0 Å². The van der Waals surface area contributed by atoms with Gasteiger partial charge in [0.15, 0.2) is 0 Å². The van der Waals surface area contributed by atoms with E-state index in [4.69, 9.17) is 4.42 Å². The predicted molar refractivity (Wildman–Crippen MR) is 253 cm³/mol. The SMILES string of the molecule is Cc1ccc2c(c1)Cc1c-2cccc1N(c1ccccc1)c1cc2c3ccccc3c(N(c3ccccc3)c3ccc4oc5ccc(C)cc5c4c3)cc2c2ccccc12. The molecule has 12 rings (SSSR count). The molecule has 1 aliphatic rings. The summed E-state index contributed by atoms with van der Waals surface area (Å²) >= 11 is 0. The highest BCUT2D eigenvalue weighted by atomic mass is 16.3. The number of anilines is 6. The summed E-state index contributed by atoms with van der Waals surface area (Å²) in [5.41, 5.74) is 16.5. The smallest absolute Gasteiger partial charge is 0.135 e. The molecule has 0 amide bonds. The Kier molecular flexibility index (Phi) is 7.73. The zero-order valence-electron chi connectivity index (χ0n) is 33.5. The Morgan fingerprint density at radius 3 is 1.58 bits per heavy atom. The maximum absolute atomic E-state index is 6.35. The van der Waals surface area contributed by atoms with Crippen LogP contribution < -0.4 is 9.80 Å². The van der Waals surface area contributed by atoms with Gasteiger partial charge < -0.3 is 14.2 Å². The summed E-state index contributed by atoms with van der Waals surface area (Å²) in [7, 11) is 0. The number of hydrogen-bond acceptors (Lipinski definition) is 3. The summed E-state index contributed by atoms with van der Waals surface area (Å²) in [6.45, 7) is 4.33. The number of hydrogen-bond donors (Lipinski definition) is 0. The maximum atomic E-state index is 6.35. The molecule has 0 radical (unpaired) electrons. The monoisotopic (exact) mass is 768 g/mol. The second kappa shape index (κ2) is 13.5. The standard InChI is InChI=1S/C57H40N2O/c1-36-24-27-42-38(30-36)32-50-43(42)22-13-23-53(50)59(40-16-7-4-8-17-40)55-35-49-44-18-9-11-20-46(44)54(34-48(49)45-19-10-12-21-47(45)55)58(39-14-5-3-6-15-39)41-26-29-57-52(33-41)51-31-37(2)25-28-56(51)60-57/h3-31,33-35H,32H2,1-2H3. The second-order valence-corrected chi connectivity index (χ2v) is 16.2. The van der Waals surface area contributed by atoms with Crippen molar-refractivity contribution in [3.8, 4) is 11.1 Å². The molecule has 60 heavy (non-hydrogen) atoms. The Morgan fingerprint density at radius 2 is 0.900 bits per heavy atom. The van der Waals surface area contributed by atoms with E-state index in [2.05, 4.69) is 218 Å². The Morgan fingerprint density at radius 1 is 0.350 bits per heavy atom. The largest absolute Gasteiger partial charge is 0.456 e. The summed E-state index contributed by atoms with van der Waals surface area (Å²) in [6.07, 6.45) is 0.902. The minimum absolute atomic E-state index is 0.889. The van der Waals surface area contributed by atoms with E-state index in [1.807, 2.05) is 0 Å². The van der Waals surface area contributed by atoms with Crippen LogP contribution in [0, 0.1) is 13.8 Å². The molecule has 1 aliphatic carbocycles. The van der Waals surface area contributed by atoms with Gasteiger partial charge in [-0.15, -0.1) is 0 Å². The summed E-state index contributed by atoms with van der Waals surface area (Å²) < 4.78 is 6.35. The highest BCUT2D eigenvalue weighted by Gasteiger charge is 2.27. The fourth-order valence-electron chi connectivity index (χ4n) is 9.83. The molecule has 11 aromatic rings. The number of fused-ring (bicyclic) bond motifs is 11. The second-order valence-electron chi connectivity index (χ2n) is 16.2. The molecule has 0 aliphatic heterocycles. The normalized spacial score (nSPS) is 12.1. The van der Waals surface area contributed by atoms with Gasteiger partial charge >= 0.3 is 0 Å². The van der Waals surface area contributed by atoms with Gasteiger partial charge in [0, 0.05) is 45.0 Å². The zero-order valence-corrected chi connectivity index (χ0v) is 33.5. The van der Waals surface area contributed by atoms with E-state index in [1.54, 1.807) is 0 Å². The summed E-state index contributed by atoms with van der Waals surface area (Å²) in [5.74, 6) is 0. The van der Waals surface area contributed by atoms with Crippen LogP contribution in [0.25, 0.3) is 65.4 Å². The lowest BCUT2D eigenvalue weighted by Gasteiger charge is -2.30. The summed E-state index contributed by atoms with van der Waals surface area (Å²) in [5, 5.41) is 9.47. The van der Waals surface area contributed by atoms with Crippen LogP contribution in [0.5, 0.6) is 0 Å². The minimum Gasteiger partial charge on any atom is -0.456 e. The number of rotatable bonds is 6. The average Bonchev–Trinajstić information content (AvgIpc) is 3.85. The molecule has 3 heteroatoms. The van der Waals surface area contributed by atoms with Crippen molar-refractivity contribution in [1.82, 2.24) is 0 Å². The van der Waals surface area contributed by atoms with Gasteiger partial charge in [0.1, 0.15) is 11.2 Å². The third-order valence-corrected chi connectivity index (χ3v) is 12.5. The highest BCUT2D eigenvalue weighted by Crippen LogP contribution is 2.51. The molecule has 0 unspecified atom stereocenters. The molecule has 3 nitrogen and oxygen atoms in total. The molecule has 0 spiro atoms. The first kappa shape index (κ1) is 34.4. The molecule has 1 aromatic heterocycles. The van der Waals surface area contributed by atoms with E-state index < -0.39 is 0 Å². The molecule has 0 atom stereocenters. The molecule has 0 N–H and O–H groups in total. The van der Waals surface area contributed by atoms with E-state index in [0.717, 1.165) is 56.8 Å². The summed E-state index contributed by atoms with van der Waals surface area (Å²) in [4.78, 5) is 4.92. The van der Waals surface area contributed by atoms with Gasteiger partial charge in [-0.25, -0.2) is 0 Å². The fraction of sp³-hybridized carbons (Fsp3) is 0.0526. The van der Waals surface area contributed by atoms with E-state index in [-0.39, 0.29) is 0 Å². The van der Waals surface area contributed by atoms with Crippen LogP contribution in [0.3, 0.4) is 0 Å². The van der Waals surface area contributed by atoms with Crippen LogP contribution >= 0.6 is 0 Å². The van der Waals surface area contributed by atoms with Gasteiger partial charge in [-0.2, -0.15) is 0 Å². The molecule has 0 fully saturated rings. The first-order chi connectivity index (χ1) is 29.6. The van der Waals surface area contributed by atoms with Crippen molar-refractivity contribution in [2.75, 3.05) is 9.80 Å². The molecule has 284 valence electrons. The van der Waals surface area contributed by atoms with Gasteiger partial charge in [-0.3, -0.25) is 0 Å². The van der Waals surface area contributed by atoms with Crippen LogP contribution in [-0.2, 0) is 6.42 Å².